The van der Waals surface area contributed by atoms with Crippen molar-refractivity contribution in [2.24, 2.45) is 10.1 Å². The van der Waals surface area contributed by atoms with E-state index in [4.69, 9.17) is 11.6 Å². The number of carbonyl (C=O) groups excluding carboxylic acids is 1. The molecule has 2 aliphatic rings. The molecule has 0 bridgehead atoms. The average molecular weight is 337 g/mol. The molecule has 5 nitrogen and oxygen atoms in total. The van der Waals surface area contributed by atoms with E-state index >= 15 is 0 Å². The summed E-state index contributed by atoms with van der Waals surface area (Å²) in [6, 6.07) is 17.0. The number of carbonyl (C=O) groups is 1. The minimum Gasteiger partial charge on any atom is -0.265 e. The molecule has 0 aliphatic carbocycles. The van der Waals surface area contributed by atoms with Crippen LogP contribution in [-0.4, -0.2) is 22.7 Å². The van der Waals surface area contributed by atoms with E-state index < -0.39 is 0 Å². The van der Waals surface area contributed by atoms with Crippen LogP contribution in [0.3, 0.4) is 0 Å². The molecule has 0 atom stereocenters. The molecule has 118 valence electrons. The Bertz CT molecular complexity index is 900. The van der Waals surface area contributed by atoms with Gasteiger partial charge in [0.2, 0.25) is 5.96 Å². The first-order valence-corrected chi connectivity index (χ1v) is 7.82. The molecular weight excluding hydrogens is 324 g/mol. The number of fused-ring (bicyclic) bond motifs is 1. The maximum absolute atomic E-state index is 12.6. The highest BCUT2D eigenvalue weighted by atomic mass is 35.5. The van der Waals surface area contributed by atoms with E-state index in [0.717, 1.165) is 11.3 Å². The molecule has 4 rings (SSSR count). The smallest absolute Gasteiger partial charge is 0.265 e. The molecule has 2 heterocycles. The van der Waals surface area contributed by atoms with Crippen LogP contribution in [0.1, 0.15) is 12.5 Å². The van der Waals surface area contributed by atoms with Crippen LogP contribution in [0.25, 0.3) is 6.08 Å². The van der Waals surface area contributed by atoms with Gasteiger partial charge in [-0.15, -0.1) is 5.10 Å². The number of hydrogen-bond acceptors (Lipinski definition) is 4. The van der Waals surface area contributed by atoms with Crippen LogP contribution >= 0.6 is 11.6 Å². The van der Waals surface area contributed by atoms with Gasteiger partial charge in [0, 0.05) is 5.02 Å². The molecule has 0 fully saturated rings. The topological polar surface area (TPSA) is 48.3 Å². The highest BCUT2D eigenvalue weighted by Gasteiger charge is 2.40. The Labute approximate surface area is 144 Å². The molecule has 0 N–H and O–H groups in total. The van der Waals surface area contributed by atoms with Crippen molar-refractivity contribution in [3.05, 3.63) is 70.9 Å². The second-order valence-electron chi connectivity index (χ2n) is 5.43. The highest BCUT2D eigenvalue weighted by Crippen LogP contribution is 2.29. The Morgan fingerprint density at radius 1 is 1.04 bits per heavy atom. The average Bonchev–Trinajstić information content (AvgIpc) is 3.05. The molecule has 2 aliphatic heterocycles. The van der Waals surface area contributed by atoms with Gasteiger partial charge in [0.05, 0.1) is 5.69 Å². The maximum atomic E-state index is 12.6. The van der Waals surface area contributed by atoms with Gasteiger partial charge in [0.1, 0.15) is 11.5 Å². The van der Waals surface area contributed by atoms with E-state index in [1.54, 1.807) is 18.2 Å². The van der Waals surface area contributed by atoms with Gasteiger partial charge in [-0.05, 0) is 42.8 Å². The summed E-state index contributed by atoms with van der Waals surface area (Å²) >= 11 is 5.95. The monoisotopic (exact) mass is 336 g/mol. The number of benzene rings is 2. The maximum Gasteiger partial charge on any atom is 0.300 e. The van der Waals surface area contributed by atoms with Gasteiger partial charge >= 0.3 is 0 Å². The molecule has 24 heavy (non-hydrogen) atoms. The quantitative estimate of drug-likeness (QED) is 0.784. The molecule has 0 aromatic heterocycles. The Morgan fingerprint density at radius 3 is 2.46 bits per heavy atom. The van der Waals surface area contributed by atoms with E-state index in [0.29, 0.717) is 22.5 Å². The number of halogens is 1. The molecule has 2 aromatic rings. The number of anilines is 1. The highest BCUT2D eigenvalue weighted by molar-refractivity contribution is 6.31. The van der Waals surface area contributed by atoms with Crippen LogP contribution in [0.2, 0.25) is 5.02 Å². The summed E-state index contributed by atoms with van der Waals surface area (Å²) in [6.07, 6.45) is 1.76. The minimum atomic E-state index is -0.232. The van der Waals surface area contributed by atoms with Crippen molar-refractivity contribution >= 4 is 41.1 Å². The first-order chi connectivity index (χ1) is 11.6. The number of guanidine groups is 1. The lowest BCUT2D eigenvalue weighted by molar-refractivity contribution is -0.122. The fourth-order valence-electron chi connectivity index (χ4n) is 2.66. The second kappa shape index (κ2) is 5.62. The van der Waals surface area contributed by atoms with E-state index in [1.165, 1.54) is 5.01 Å². The van der Waals surface area contributed by atoms with E-state index in [2.05, 4.69) is 10.1 Å². The molecule has 0 radical (unpaired) electrons. The summed E-state index contributed by atoms with van der Waals surface area (Å²) in [5.41, 5.74) is 2.15. The molecule has 0 spiro atoms. The third kappa shape index (κ3) is 2.39. The SMILES string of the molecule is CC1=NN2C(=O)/C(=C/c3ccccc3)N=C2N1c1ccc(Cl)cc1. The number of amides is 1. The van der Waals surface area contributed by atoms with Gasteiger partial charge in [-0.3, -0.25) is 9.69 Å². The van der Waals surface area contributed by atoms with Gasteiger partial charge in [-0.25, -0.2) is 4.99 Å². The third-order valence-corrected chi connectivity index (χ3v) is 4.03. The zero-order chi connectivity index (χ0) is 16.7. The number of hydrogen-bond donors (Lipinski definition) is 0. The van der Waals surface area contributed by atoms with Crippen molar-refractivity contribution in [1.29, 1.82) is 0 Å². The van der Waals surface area contributed by atoms with E-state index in [9.17, 15) is 4.79 Å². The molecule has 0 saturated heterocycles. The second-order valence-corrected chi connectivity index (χ2v) is 5.86. The number of nitrogens with zero attached hydrogens (tertiary/aromatic N) is 4. The van der Waals surface area contributed by atoms with E-state index in [1.807, 2.05) is 54.3 Å². The summed E-state index contributed by atoms with van der Waals surface area (Å²) in [5.74, 6) is 0.940. The normalized spacial score (nSPS) is 18.1. The predicted octanol–water partition coefficient (Wildman–Crippen LogP) is 3.73. The van der Waals surface area contributed by atoms with Crippen LogP contribution in [0, 0.1) is 0 Å². The number of aliphatic imine (C=N–C) groups is 1. The fraction of sp³-hybridized carbons (Fsp3) is 0.0556. The van der Waals surface area contributed by atoms with Gasteiger partial charge in [-0.1, -0.05) is 41.9 Å². The van der Waals surface area contributed by atoms with Crippen LogP contribution in [0.15, 0.2) is 70.4 Å². The van der Waals surface area contributed by atoms with Crippen molar-refractivity contribution in [2.75, 3.05) is 4.90 Å². The van der Waals surface area contributed by atoms with Crippen molar-refractivity contribution in [3.63, 3.8) is 0 Å². The molecular formula is C18H13ClN4O. The lowest BCUT2D eigenvalue weighted by Gasteiger charge is -2.17. The molecule has 2 aromatic carbocycles. The zero-order valence-corrected chi connectivity index (χ0v) is 13.6. The third-order valence-electron chi connectivity index (χ3n) is 3.78. The van der Waals surface area contributed by atoms with Gasteiger partial charge in [0.15, 0.2) is 0 Å². The summed E-state index contributed by atoms with van der Waals surface area (Å²) < 4.78 is 0. The Morgan fingerprint density at radius 2 is 1.75 bits per heavy atom. The van der Waals surface area contributed by atoms with Gasteiger partial charge < -0.3 is 0 Å². The number of amidine groups is 1. The summed E-state index contributed by atoms with van der Waals surface area (Å²) in [7, 11) is 0. The standard InChI is InChI=1S/C18H13ClN4O/c1-12-21-23-17(24)16(11-13-5-3-2-4-6-13)20-18(23)22(12)15-9-7-14(19)8-10-15/h2-11H,1H3/b16-11-. The first kappa shape index (κ1) is 14.7. The van der Waals surface area contributed by atoms with Crippen molar-refractivity contribution < 1.29 is 4.79 Å². The van der Waals surface area contributed by atoms with Gasteiger partial charge in [0.25, 0.3) is 5.91 Å². The van der Waals surface area contributed by atoms with Crippen LogP contribution in [0.4, 0.5) is 5.69 Å². The van der Waals surface area contributed by atoms with Crippen molar-refractivity contribution in [2.45, 2.75) is 6.92 Å². The largest absolute Gasteiger partial charge is 0.300 e. The van der Waals surface area contributed by atoms with Crippen molar-refractivity contribution in [3.8, 4) is 0 Å². The fourth-order valence-corrected chi connectivity index (χ4v) is 2.79. The van der Waals surface area contributed by atoms with E-state index in [-0.39, 0.29) is 5.91 Å². The zero-order valence-electron chi connectivity index (χ0n) is 12.8. The summed E-state index contributed by atoms with van der Waals surface area (Å²) in [4.78, 5) is 18.9. The lowest BCUT2D eigenvalue weighted by Crippen LogP contribution is -2.35. The first-order valence-electron chi connectivity index (χ1n) is 7.44. The Kier molecular flexibility index (Phi) is 3.43. The van der Waals surface area contributed by atoms with Crippen LogP contribution in [0.5, 0.6) is 0 Å². The minimum absolute atomic E-state index is 0.232. The molecule has 1 amide bonds. The van der Waals surface area contributed by atoms with Gasteiger partial charge in [-0.2, -0.15) is 5.01 Å². The van der Waals surface area contributed by atoms with Crippen LogP contribution < -0.4 is 4.90 Å². The summed E-state index contributed by atoms with van der Waals surface area (Å²) in [5, 5.41) is 6.31. The predicted molar refractivity (Wildman–Crippen MR) is 95.7 cm³/mol. The Hall–Kier alpha value is -2.92. The molecule has 0 saturated carbocycles. The molecule has 0 unspecified atom stereocenters. The molecule has 6 heteroatoms. The number of rotatable bonds is 2. The van der Waals surface area contributed by atoms with Crippen LogP contribution in [-0.2, 0) is 4.79 Å². The number of hydrazone groups is 1. The van der Waals surface area contributed by atoms with Crippen molar-refractivity contribution in [1.82, 2.24) is 5.01 Å². The Balaban J connectivity index is 1.73. The lowest BCUT2D eigenvalue weighted by atomic mass is 10.2. The summed E-state index contributed by atoms with van der Waals surface area (Å²) in [6.45, 7) is 1.84.